The van der Waals surface area contributed by atoms with E-state index in [9.17, 15) is 9.59 Å². The van der Waals surface area contributed by atoms with Gasteiger partial charge in [0.1, 0.15) is 0 Å². The number of hydrogen-bond donors (Lipinski definition) is 1. The third-order valence-electron chi connectivity index (χ3n) is 2.52. The van der Waals surface area contributed by atoms with Crippen LogP contribution < -0.4 is 0 Å². The monoisotopic (exact) mass is 232 g/mol. The van der Waals surface area contributed by atoms with Crippen molar-refractivity contribution in [1.82, 2.24) is 5.01 Å². The molecule has 1 aliphatic heterocycles. The second-order valence-corrected chi connectivity index (χ2v) is 3.97. The summed E-state index contributed by atoms with van der Waals surface area (Å²) in [5.41, 5.74) is 1.90. The fourth-order valence-electron chi connectivity index (χ4n) is 1.66. The summed E-state index contributed by atoms with van der Waals surface area (Å²) < 4.78 is 0. The van der Waals surface area contributed by atoms with Crippen LogP contribution in [0.25, 0.3) is 0 Å². The summed E-state index contributed by atoms with van der Waals surface area (Å²) in [6, 6.07) is 6.43. The smallest absolute Gasteiger partial charge is 0.335 e. The van der Waals surface area contributed by atoms with E-state index in [0.29, 0.717) is 13.0 Å². The highest BCUT2D eigenvalue weighted by Gasteiger charge is 2.20. The van der Waals surface area contributed by atoms with Gasteiger partial charge in [-0.25, -0.2) is 9.80 Å². The minimum absolute atomic E-state index is 0.0233. The van der Waals surface area contributed by atoms with Crippen LogP contribution in [0.15, 0.2) is 29.4 Å². The Labute approximate surface area is 98.4 Å². The number of hydrazone groups is 1. The van der Waals surface area contributed by atoms with Crippen molar-refractivity contribution in [2.75, 3.05) is 0 Å². The van der Waals surface area contributed by atoms with Gasteiger partial charge in [0.15, 0.2) is 0 Å². The molecule has 5 heteroatoms. The van der Waals surface area contributed by atoms with Crippen molar-refractivity contribution in [3.05, 3.63) is 35.4 Å². The number of benzene rings is 1. The highest BCUT2D eigenvalue weighted by Crippen LogP contribution is 2.13. The van der Waals surface area contributed by atoms with E-state index < -0.39 is 5.97 Å². The second-order valence-electron chi connectivity index (χ2n) is 3.97. The van der Waals surface area contributed by atoms with Crippen LogP contribution in [0.1, 0.15) is 29.3 Å². The summed E-state index contributed by atoms with van der Waals surface area (Å²) in [4.78, 5) is 22.1. The maximum absolute atomic E-state index is 11.5. The topological polar surface area (TPSA) is 70.0 Å². The van der Waals surface area contributed by atoms with E-state index in [1.54, 1.807) is 12.1 Å². The normalized spacial score (nSPS) is 15.0. The minimum atomic E-state index is -0.956. The Morgan fingerprint density at radius 3 is 2.53 bits per heavy atom. The van der Waals surface area contributed by atoms with Crippen LogP contribution in [-0.4, -0.2) is 27.7 Å². The Hall–Kier alpha value is -2.17. The quantitative estimate of drug-likeness (QED) is 0.858. The molecule has 0 radical (unpaired) electrons. The van der Waals surface area contributed by atoms with E-state index in [0.717, 1.165) is 11.3 Å². The highest BCUT2D eigenvalue weighted by molar-refractivity contribution is 6.03. The van der Waals surface area contributed by atoms with Gasteiger partial charge >= 0.3 is 5.97 Å². The van der Waals surface area contributed by atoms with E-state index in [-0.39, 0.29) is 11.5 Å². The summed E-state index contributed by atoms with van der Waals surface area (Å²) >= 11 is 0. The lowest BCUT2D eigenvalue weighted by Crippen LogP contribution is -2.20. The molecule has 2 rings (SSSR count). The molecular weight excluding hydrogens is 220 g/mol. The number of rotatable bonds is 3. The molecule has 1 aliphatic rings. The zero-order chi connectivity index (χ0) is 12.4. The maximum Gasteiger partial charge on any atom is 0.335 e. The molecule has 1 aromatic rings. The first-order valence-corrected chi connectivity index (χ1v) is 5.23. The molecule has 88 valence electrons. The maximum atomic E-state index is 11.5. The van der Waals surface area contributed by atoms with Crippen molar-refractivity contribution in [2.24, 2.45) is 5.10 Å². The number of amides is 1. The highest BCUT2D eigenvalue weighted by atomic mass is 16.4. The fraction of sp³-hybridized carbons (Fsp3) is 0.250. The molecule has 1 amide bonds. The first kappa shape index (κ1) is 11.3. The average molecular weight is 232 g/mol. The molecule has 0 aromatic heterocycles. The van der Waals surface area contributed by atoms with Crippen molar-refractivity contribution in [3.63, 3.8) is 0 Å². The van der Waals surface area contributed by atoms with Gasteiger partial charge in [-0.2, -0.15) is 5.10 Å². The van der Waals surface area contributed by atoms with Crippen molar-refractivity contribution < 1.29 is 14.7 Å². The predicted octanol–water partition coefficient (Wildman–Crippen LogP) is 1.49. The van der Waals surface area contributed by atoms with Gasteiger partial charge in [-0.05, 0) is 24.6 Å². The molecule has 0 spiro atoms. The van der Waals surface area contributed by atoms with Crippen LogP contribution in [-0.2, 0) is 11.3 Å². The van der Waals surface area contributed by atoms with Crippen LogP contribution in [0.2, 0.25) is 0 Å². The second kappa shape index (κ2) is 4.37. The summed E-state index contributed by atoms with van der Waals surface area (Å²) in [7, 11) is 0. The molecule has 5 nitrogen and oxygen atoms in total. The zero-order valence-electron chi connectivity index (χ0n) is 9.38. The molecule has 1 heterocycles. The number of carbonyl (C=O) groups excluding carboxylic acids is 1. The largest absolute Gasteiger partial charge is 0.478 e. The van der Waals surface area contributed by atoms with Crippen molar-refractivity contribution in [3.8, 4) is 0 Å². The molecular formula is C12H12N2O3. The van der Waals surface area contributed by atoms with E-state index in [4.69, 9.17) is 5.11 Å². The molecule has 0 saturated carbocycles. The van der Waals surface area contributed by atoms with Gasteiger partial charge in [-0.15, -0.1) is 0 Å². The molecule has 0 aliphatic carbocycles. The van der Waals surface area contributed by atoms with E-state index >= 15 is 0 Å². The lowest BCUT2D eigenvalue weighted by atomic mass is 10.1. The van der Waals surface area contributed by atoms with Gasteiger partial charge in [0.2, 0.25) is 5.91 Å². The summed E-state index contributed by atoms with van der Waals surface area (Å²) in [5, 5.41) is 14.3. The zero-order valence-corrected chi connectivity index (χ0v) is 9.38. The number of hydrogen-bond acceptors (Lipinski definition) is 3. The van der Waals surface area contributed by atoms with E-state index in [1.807, 2.05) is 6.92 Å². The van der Waals surface area contributed by atoms with Gasteiger partial charge in [-0.1, -0.05) is 12.1 Å². The summed E-state index contributed by atoms with van der Waals surface area (Å²) in [5.74, 6) is -0.979. The van der Waals surface area contributed by atoms with Gasteiger partial charge in [-0.3, -0.25) is 4.79 Å². The number of carboxylic acid groups (broad SMARTS) is 1. The Morgan fingerprint density at radius 2 is 2.06 bits per heavy atom. The SMILES string of the molecule is CC1=NN(Cc2ccc(C(=O)O)cc2)C(=O)C1. The van der Waals surface area contributed by atoms with Crippen molar-refractivity contribution in [1.29, 1.82) is 0 Å². The van der Waals surface area contributed by atoms with Crippen LogP contribution in [0.4, 0.5) is 0 Å². The molecule has 1 aromatic carbocycles. The van der Waals surface area contributed by atoms with Gasteiger partial charge in [0.25, 0.3) is 0 Å². The van der Waals surface area contributed by atoms with Crippen LogP contribution in [0.3, 0.4) is 0 Å². The van der Waals surface area contributed by atoms with Crippen molar-refractivity contribution >= 4 is 17.6 Å². The predicted molar refractivity (Wildman–Crippen MR) is 61.7 cm³/mol. The number of carbonyl (C=O) groups is 2. The third-order valence-corrected chi connectivity index (χ3v) is 2.52. The van der Waals surface area contributed by atoms with Gasteiger partial charge < -0.3 is 5.11 Å². The molecule has 0 fully saturated rings. The van der Waals surface area contributed by atoms with Gasteiger partial charge in [0, 0.05) is 5.71 Å². The molecule has 0 unspecified atom stereocenters. The molecule has 1 N–H and O–H groups in total. The van der Waals surface area contributed by atoms with E-state index in [1.165, 1.54) is 17.1 Å². The van der Waals surface area contributed by atoms with Crippen LogP contribution in [0.5, 0.6) is 0 Å². The molecule has 0 atom stereocenters. The first-order valence-electron chi connectivity index (χ1n) is 5.23. The Balaban J connectivity index is 2.09. The number of aromatic carboxylic acids is 1. The van der Waals surface area contributed by atoms with E-state index in [2.05, 4.69) is 5.10 Å². The average Bonchev–Trinajstić information content (AvgIpc) is 2.58. The number of nitrogens with zero attached hydrogens (tertiary/aromatic N) is 2. The summed E-state index contributed by atoms with van der Waals surface area (Å²) in [6.07, 6.45) is 0.368. The lowest BCUT2D eigenvalue weighted by Gasteiger charge is -2.11. The lowest BCUT2D eigenvalue weighted by molar-refractivity contribution is -0.129. The minimum Gasteiger partial charge on any atom is -0.478 e. The molecule has 0 saturated heterocycles. The summed E-state index contributed by atoms with van der Waals surface area (Å²) in [6.45, 7) is 2.20. The fourth-order valence-corrected chi connectivity index (χ4v) is 1.66. The molecule has 17 heavy (non-hydrogen) atoms. The van der Waals surface area contributed by atoms with Crippen LogP contribution >= 0.6 is 0 Å². The third kappa shape index (κ3) is 2.50. The van der Waals surface area contributed by atoms with Crippen molar-refractivity contribution in [2.45, 2.75) is 19.9 Å². The first-order chi connectivity index (χ1) is 8.06. The Morgan fingerprint density at radius 1 is 1.41 bits per heavy atom. The Kier molecular flexibility index (Phi) is 2.91. The van der Waals surface area contributed by atoms with Crippen LogP contribution in [0, 0.1) is 0 Å². The molecule has 0 bridgehead atoms. The van der Waals surface area contributed by atoms with Gasteiger partial charge in [0.05, 0.1) is 18.5 Å². The Bertz CT molecular complexity index is 491. The standard InChI is InChI=1S/C12H12N2O3/c1-8-6-11(15)14(13-8)7-9-2-4-10(5-3-9)12(16)17/h2-5H,6-7H2,1H3,(H,16,17). The number of carboxylic acids is 1.